The van der Waals surface area contributed by atoms with E-state index in [0.29, 0.717) is 12.2 Å². The van der Waals surface area contributed by atoms with Gasteiger partial charge in [-0.25, -0.2) is 5.01 Å². The van der Waals surface area contributed by atoms with Gasteiger partial charge in [0.15, 0.2) is 0 Å². The molecule has 1 N–H and O–H groups in total. The summed E-state index contributed by atoms with van der Waals surface area (Å²) in [5.41, 5.74) is 1.69. The number of rotatable bonds is 2. The highest BCUT2D eigenvalue weighted by molar-refractivity contribution is 6.00. The van der Waals surface area contributed by atoms with E-state index in [9.17, 15) is 9.90 Å². The average molecular weight is 270 g/mol. The minimum atomic E-state index is -0.159. The standard InChI is InChI=1S/C15H14N2O3/c1-10(18)17-14(11-4-6-12(19)7-5-11)9-13(16-17)15-3-2-8-20-15/h2-8,14,19H,9H2,1H3/t14-/m0/s1. The molecule has 0 saturated carbocycles. The molecule has 1 atom stereocenters. The lowest BCUT2D eigenvalue weighted by Crippen LogP contribution is -2.24. The lowest BCUT2D eigenvalue weighted by molar-refractivity contribution is -0.130. The number of carbonyl (C=O) groups is 1. The summed E-state index contributed by atoms with van der Waals surface area (Å²) in [5.74, 6) is 0.760. The maximum atomic E-state index is 11.8. The van der Waals surface area contributed by atoms with Crippen molar-refractivity contribution in [2.75, 3.05) is 0 Å². The number of hydrogen-bond donors (Lipinski definition) is 1. The van der Waals surface area contributed by atoms with Crippen LogP contribution in [0.15, 0.2) is 52.2 Å². The fraction of sp³-hybridized carbons (Fsp3) is 0.200. The number of hydrogen-bond acceptors (Lipinski definition) is 4. The Bertz CT molecular complexity index is 644. The Hall–Kier alpha value is -2.56. The van der Waals surface area contributed by atoms with Crippen LogP contribution >= 0.6 is 0 Å². The zero-order chi connectivity index (χ0) is 14.1. The van der Waals surface area contributed by atoms with Crippen LogP contribution in [0.1, 0.15) is 30.7 Å². The summed E-state index contributed by atoms with van der Waals surface area (Å²) in [6.45, 7) is 1.49. The average Bonchev–Trinajstić information content (AvgIpc) is 3.08. The minimum absolute atomic E-state index is 0.121. The predicted molar refractivity (Wildman–Crippen MR) is 73.2 cm³/mol. The third-order valence-electron chi connectivity index (χ3n) is 3.32. The van der Waals surface area contributed by atoms with E-state index < -0.39 is 0 Å². The second-order valence-corrected chi connectivity index (χ2v) is 4.70. The van der Waals surface area contributed by atoms with Crippen molar-refractivity contribution in [2.45, 2.75) is 19.4 Å². The molecule has 5 nitrogen and oxygen atoms in total. The van der Waals surface area contributed by atoms with Gasteiger partial charge < -0.3 is 9.52 Å². The second kappa shape index (κ2) is 4.85. The third kappa shape index (κ3) is 2.18. The summed E-state index contributed by atoms with van der Waals surface area (Å²) >= 11 is 0. The lowest BCUT2D eigenvalue weighted by Gasteiger charge is -2.20. The van der Waals surface area contributed by atoms with Crippen LogP contribution in [0, 0.1) is 0 Å². The van der Waals surface area contributed by atoms with Gasteiger partial charge in [-0.1, -0.05) is 12.1 Å². The molecule has 0 spiro atoms. The van der Waals surface area contributed by atoms with Gasteiger partial charge in [-0.3, -0.25) is 4.79 Å². The molecular weight excluding hydrogens is 256 g/mol. The van der Waals surface area contributed by atoms with E-state index >= 15 is 0 Å². The molecule has 1 aliphatic rings. The molecule has 0 radical (unpaired) electrons. The maximum Gasteiger partial charge on any atom is 0.240 e. The highest BCUT2D eigenvalue weighted by Crippen LogP contribution is 2.33. The molecule has 0 bridgehead atoms. The number of phenolic OH excluding ortho intramolecular Hbond substituents is 1. The van der Waals surface area contributed by atoms with Gasteiger partial charge in [-0.05, 0) is 29.8 Å². The molecule has 5 heteroatoms. The summed E-state index contributed by atoms with van der Waals surface area (Å²) in [6, 6.07) is 10.3. The smallest absolute Gasteiger partial charge is 0.240 e. The number of carbonyl (C=O) groups excluding carboxylic acids is 1. The topological polar surface area (TPSA) is 66.0 Å². The summed E-state index contributed by atoms with van der Waals surface area (Å²) < 4.78 is 5.34. The number of hydrazone groups is 1. The molecule has 1 aromatic carbocycles. The monoisotopic (exact) mass is 270 g/mol. The molecule has 0 aliphatic carbocycles. The number of aromatic hydroxyl groups is 1. The van der Waals surface area contributed by atoms with E-state index in [4.69, 9.17) is 4.42 Å². The van der Waals surface area contributed by atoms with E-state index in [1.807, 2.05) is 6.07 Å². The molecule has 1 aromatic heterocycles. The van der Waals surface area contributed by atoms with Gasteiger partial charge in [0.1, 0.15) is 17.2 Å². The third-order valence-corrected chi connectivity index (χ3v) is 3.32. The highest BCUT2D eigenvalue weighted by Gasteiger charge is 2.32. The Labute approximate surface area is 116 Å². The molecular formula is C15H14N2O3. The zero-order valence-electron chi connectivity index (χ0n) is 11.0. The first-order chi connectivity index (χ1) is 9.65. The predicted octanol–water partition coefficient (Wildman–Crippen LogP) is 2.68. The second-order valence-electron chi connectivity index (χ2n) is 4.70. The van der Waals surface area contributed by atoms with Gasteiger partial charge in [0.05, 0.1) is 12.3 Å². The largest absolute Gasteiger partial charge is 0.508 e. The molecule has 2 heterocycles. The van der Waals surface area contributed by atoms with E-state index in [0.717, 1.165) is 11.3 Å². The Morgan fingerprint density at radius 2 is 2.10 bits per heavy atom. The molecule has 0 saturated heterocycles. The van der Waals surface area contributed by atoms with E-state index in [1.165, 1.54) is 11.9 Å². The van der Waals surface area contributed by atoms with Crippen molar-refractivity contribution in [3.05, 3.63) is 54.0 Å². The molecule has 0 unspecified atom stereocenters. The van der Waals surface area contributed by atoms with Crippen LogP contribution in [0.4, 0.5) is 0 Å². The van der Waals surface area contributed by atoms with Crippen LogP contribution in [0.25, 0.3) is 0 Å². The van der Waals surface area contributed by atoms with Crippen LogP contribution in [0.5, 0.6) is 5.75 Å². The molecule has 3 rings (SSSR count). The Balaban J connectivity index is 1.93. The molecule has 1 amide bonds. The number of amides is 1. The van der Waals surface area contributed by atoms with Crippen LogP contribution in [0.3, 0.4) is 0 Å². The van der Waals surface area contributed by atoms with Gasteiger partial charge in [-0.15, -0.1) is 0 Å². The molecule has 2 aromatic rings. The van der Waals surface area contributed by atoms with E-state index in [1.54, 1.807) is 36.6 Å². The van der Waals surface area contributed by atoms with Gasteiger partial charge in [0.2, 0.25) is 5.91 Å². The van der Waals surface area contributed by atoms with Crippen molar-refractivity contribution in [3.8, 4) is 5.75 Å². The van der Waals surface area contributed by atoms with Gasteiger partial charge >= 0.3 is 0 Å². The van der Waals surface area contributed by atoms with E-state index in [-0.39, 0.29) is 17.7 Å². The van der Waals surface area contributed by atoms with Crippen LogP contribution in [0.2, 0.25) is 0 Å². The van der Waals surface area contributed by atoms with Crippen LogP contribution in [-0.2, 0) is 4.79 Å². The summed E-state index contributed by atoms with van der Waals surface area (Å²) in [7, 11) is 0. The van der Waals surface area contributed by atoms with Gasteiger partial charge in [-0.2, -0.15) is 5.10 Å². The number of furan rings is 1. The Kier molecular flexibility index (Phi) is 3.02. The number of benzene rings is 1. The number of nitrogens with zero attached hydrogens (tertiary/aromatic N) is 2. The molecule has 20 heavy (non-hydrogen) atoms. The fourth-order valence-electron chi connectivity index (χ4n) is 2.35. The van der Waals surface area contributed by atoms with Gasteiger partial charge in [0.25, 0.3) is 0 Å². The number of phenols is 1. The van der Waals surface area contributed by atoms with Crippen molar-refractivity contribution >= 4 is 11.6 Å². The maximum absolute atomic E-state index is 11.8. The van der Waals surface area contributed by atoms with Crippen LogP contribution < -0.4 is 0 Å². The van der Waals surface area contributed by atoms with Crippen molar-refractivity contribution in [3.63, 3.8) is 0 Å². The van der Waals surface area contributed by atoms with Gasteiger partial charge in [0, 0.05) is 13.3 Å². The first-order valence-electron chi connectivity index (χ1n) is 6.35. The summed E-state index contributed by atoms with van der Waals surface area (Å²) in [6.07, 6.45) is 2.18. The SMILES string of the molecule is CC(=O)N1N=C(c2ccco2)C[C@H]1c1ccc(O)cc1. The van der Waals surface area contributed by atoms with Crippen molar-refractivity contribution in [1.82, 2.24) is 5.01 Å². The molecule has 1 aliphatic heterocycles. The van der Waals surface area contributed by atoms with E-state index in [2.05, 4.69) is 5.10 Å². The lowest BCUT2D eigenvalue weighted by atomic mass is 10.0. The summed E-state index contributed by atoms with van der Waals surface area (Å²) in [4.78, 5) is 11.8. The normalized spacial score (nSPS) is 18.1. The first kappa shape index (κ1) is 12.5. The highest BCUT2D eigenvalue weighted by atomic mass is 16.3. The molecule has 102 valence electrons. The summed E-state index contributed by atoms with van der Waals surface area (Å²) in [5, 5.41) is 15.2. The Morgan fingerprint density at radius 1 is 1.35 bits per heavy atom. The van der Waals surface area contributed by atoms with Crippen molar-refractivity contribution in [1.29, 1.82) is 0 Å². The Morgan fingerprint density at radius 3 is 2.70 bits per heavy atom. The first-order valence-corrected chi connectivity index (χ1v) is 6.35. The fourth-order valence-corrected chi connectivity index (χ4v) is 2.35. The zero-order valence-corrected chi connectivity index (χ0v) is 11.0. The van der Waals surface area contributed by atoms with Crippen molar-refractivity contribution < 1.29 is 14.3 Å². The molecule has 0 fully saturated rings. The van der Waals surface area contributed by atoms with Crippen molar-refractivity contribution in [2.24, 2.45) is 5.10 Å². The van der Waals surface area contributed by atoms with Crippen LogP contribution in [-0.4, -0.2) is 21.7 Å². The minimum Gasteiger partial charge on any atom is -0.508 e. The quantitative estimate of drug-likeness (QED) is 0.912.